The highest BCUT2D eigenvalue weighted by Crippen LogP contribution is 2.26. The molecule has 8 heteroatoms. The maximum atomic E-state index is 12.9. The van der Waals surface area contributed by atoms with Crippen LogP contribution in [0.1, 0.15) is 21.5 Å². The van der Waals surface area contributed by atoms with Crippen LogP contribution in [-0.4, -0.2) is 26.6 Å². The predicted molar refractivity (Wildman–Crippen MR) is 128 cm³/mol. The second-order valence-corrected chi connectivity index (χ2v) is 10.2. The molecule has 0 heterocycles. The normalized spacial score (nSPS) is 11.2. The van der Waals surface area contributed by atoms with Gasteiger partial charge in [-0.25, -0.2) is 8.42 Å². The molecule has 5 nitrogen and oxygen atoms in total. The number of carbonyl (C=O) groups is 1. The Bertz CT molecular complexity index is 1180. The average molecular weight is 475 g/mol. The molecule has 0 unspecified atom stereocenters. The number of thioether (sulfide) groups is 1. The molecule has 0 saturated carbocycles. The Morgan fingerprint density at radius 1 is 1.00 bits per heavy atom. The van der Waals surface area contributed by atoms with Crippen molar-refractivity contribution in [3.8, 4) is 0 Å². The number of hydrogen-bond donors (Lipinski definition) is 2. The summed E-state index contributed by atoms with van der Waals surface area (Å²) in [6, 6.07) is 19.5. The van der Waals surface area contributed by atoms with Crippen LogP contribution in [0.5, 0.6) is 0 Å². The average Bonchev–Trinajstić information content (AvgIpc) is 2.74. The standard InChI is InChI=1S/C23H23ClN2O3S2/c1-16-8-11-21(17(2)14-16)26-31(28,29)22-15-18(9-10-20(22)24)23(27)25-12-13-30-19-6-4-3-5-7-19/h3-11,14-15,26H,12-13H2,1-2H3,(H,25,27). The van der Waals surface area contributed by atoms with E-state index in [4.69, 9.17) is 11.6 Å². The van der Waals surface area contributed by atoms with Crippen molar-refractivity contribution in [2.75, 3.05) is 17.0 Å². The van der Waals surface area contributed by atoms with Crippen LogP contribution in [0, 0.1) is 13.8 Å². The minimum absolute atomic E-state index is 0.0495. The van der Waals surface area contributed by atoms with Crippen LogP contribution in [0.2, 0.25) is 5.02 Å². The van der Waals surface area contributed by atoms with Gasteiger partial charge in [-0.05, 0) is 55.8 Å². The van der Waals surface area contributed by atoms with Gasteiger partial charge in [0.15, 0.2) is 0 Å². The lowest BCUT2D eigenvalue weighted by atomic mass is 10.1. The quantitative estimate of drug-likeness (QED) is 0.344. The van der Waals surface area contributed by atoms with Gasteiger partial charge in [-0.2, -0.15) is 0 Å². The number of rotatable bonds is 8. The summed E-state index contributed by atoms with van der Waals surface area (Å²) in [7, 11) is -3.96. The molecule has 31 heavy (non-hydrogen) atoms. The first-order valence-corrected chi connectivity index (χ1v) is 12.5. The minimum atomic E-state index is -3.96. The predicted octanol–water partition coefficient (Wildman–Crippen LogP) is 5.28. The number of anilines is 1. The Hall–Kier alpha value is -2.48. The smallest absolute Gasteiger partial charge is 0.263 e. The molecule has 0 aliphatic rings. The molecule has 162 valence electrons. The van der Waals surface area contributed by atoms with Gasteiger partial charge >= 0.3 is 0 Å². The molecular weight excluding hydrogens is 452 g/mol. The van der Waals surface area contributed by atoms with Crippen LogP contribution in [0.4, 0.5) is 5.69 Å². The van der Waals surface area contributed by atoms with Gasteiger partial charge in [0.2, 0.25) is 0 Å². The fourth-order valence-electron chi connectivity index (χ4n) is 2.93. The SMILES string of the molecule is Cc1ccc(NS(=O)(=O)c2cc(C(=O)NCCSc3ccccc3)ccc2Cl)c(C)c1. The topological polar surface area (TPSA) is 75.3 Å². The summed E-state index contributed by atoms with van der Waals surface area (Å²) in [6.07, 6.45) is 0. The molecule has 3 aromatic rings. The summed E-state index contributed by atoms with van der Waals surface area (Å²) in [5.74, 6) is 0.344. The molecule has 0 radical (unpaired) electrons. The van der Waals surface area contributed by atoms with Crippen molar-refractivity contribution in [2.24, 2.45) is 0 Å². The van der Waals surface area contributed by atoms with E-state index in [9.17, 15) is 13.2 Å². The zero-order chi connectivity index (χ0) is 22.4. The summed E-state index contributed by atoms with van der Waals surface area (Å²) in [5, 5.41) is 2.86. The van der Waals surface area contributed by atoms with E-state index in [-0.39, 0.29) is 21.4 Å². The third-order valence-corrected chi connectivity index (χ3v) is 7.37. The van der Waals surface area contributed by atoms with E-state index in [1.807, 2.05) is 56.3 Å². The summed E-state index contributed by atoms with van der Waals surface area (Å²) in [5.41, 5.74) is 2.52. The first kappa shape index (κ1) is 23.2. The van der Waals surface area contributed by atoms with Gasteiger partial charge in [-0.3, -0.25) is 9.52 Å². The van der Waals surface area contributed by atoms with E-state index in [1.165, 1.54) is 18.2 Å². The Balaban J connectivity index is 1.69. The minimum Gasteiger partial charge on any atom is -0.351 e. The largest absolute Gasteiger partial charge is 0.351 e. The van der Waals surface area contributed by atoms with E-state index in [2.05, 4.69) is 10.0 Å². The van der Waals surface area contributed by atoms with E-state index in [1.54, 1.807) is 17.8 Å². The Morgan fingerprint density at radius 2 is 1.74 bits per heavy atom. The van der Waals surface area contributed by atoms with Crippen molar-refractivity contribution in [2.45, 2.75) is 23.6 Å². The van der Waals surface area contributed by atoms with Crippen LogP contribution < -0.4 is 10.0 Å². The van der Waals surface area contributed by atoms with Gasteiger partial charge < -0.3 is 5.32 Å². The molecule has 0 aliphatic carbocycles. The highest BCUT2D eigenvalue weighted by Gasteiger charge is 2.21. The van der Waals surface area contributed by atoms with Gasteiger partial charge in [0.25, 0.3) is 15.9 Å². The first-order valence-electron chi connectivity index (χ1n) is 9.62. The molecule has 0 atom stereocenters. The lowest BCUT2D eigenvalue weighted by molar-refractivity contribution is 0.0956. The van der Waals surface area contributed by atoms with E-state index >= 15 is 0 Å². The molecule has 1 amide bonds. The molecule has 0 spiro atoms. The zero-order valence-electron chi connectivity index (χ0n) is 17.2. The van der Waals surface area contributed by atoms with E-state index in [0.29, 0.717) is 18.0 Å². The van der Waals surface area contributed by atoms with E-state index < -0.39 is 10.0 Å². The molecule has 0 saturated heterocycles. The fraction of sp³-hybridized carbons (Fsp3) is 0.174. The number of benzene rings is 3. The van der Waals surface area contributed by atoms with E-state index in [0.717, 1.165) is 16.0 Å². The molecule has 3 rings (SSSR count). The number of halogens is 1. The van der Waals surface area contributed by atoms with Crippen molar-refractivity contribution in [1.82, 2.24) is 5.32 Å². The number of aryl methyl sites for hydroxylation is 2. The molecule has 0 aromatic heterocycles. The van der Waals surface area contributed by atoms with Gasteiger partial charge in [-0.1, -0.05) is 47.5 Å². The van der Waals surface area contributed by atoms with Crippen LogP contribution >= 0.6 is 23.4 Å². The van der Waals surface area contributed by atoms with Crippen molar-refractivity contribution in [1.29, 1.82) is 0 Å². The maximum absolute atomic E-state index is 12.9. The van der Waals surface area contributed by atoms with Gasteiger partial charge in [-0.15, -0.1) is 11.8 Å². The Morgan fingerprint density at radius 3 is 2.45 bits per heavy atom. The van der Waals surface area contributed by atoms with Gasteiger partial charge in [0.1, 0.15) is 4.90 Å². The summed E-state index contributed by atoms with van der Waals surface area (Å²) < 4.78 is 28.4. The third-order valence-electron chi connectivity index (χ3n) is 4.51. The number of amides is 1. The molecule has 0 fully saturated rings. The summed E-state index contributed by atoms with van der Waals surface area (Å²) in [6.45, 7) is 4.20. The third kappa shape index (κ3) is 6.26. The van der Waals surface area contributed by atoms with Crippen molar-refractivity contribution in [3.63, 3.8) is 0 Å². The summed E-state index contributed by atoms with van der Waals surface area (Å²) >= 11 is 7.79. The fourth-order valence-corrected chi connectivity index (χ4v) is 5.38. The Kier molecular flexibility index (Phi) is 7.64. The molecule has 0 aliphatic heterocycles. The number of nitrogens with one attached hydrogen (secondary N) is 2. The number of sulfonamides is 1. The second kappa shape index (κ2) is 10.2. The number of carbonyl (C=O) groups excluding carboxylic acids is 1. The van der Waals surface area contributed by atoms with Crippen LogP contribution in [0.15, 0.2) is 76.5 Å². The lowest BCUT2D eigenvalue weighted by Crippen LogP contribution is -2.26. The highest BCUT2D eigenvalue weighted by atomic mass is 35.5. The Labute approximate surface area is 192 Å². The second-order valence-electron chi connectivity index (χ2n) is 6.99. The van der Waals surface area contributed by atoms with Gasteiger partial charge in [0.05, 0.1) is 10.7 Å². The van der Waals surface area contributed by atoms with Crippen molar-refractivity contribution >= 4 is 45.0 Å². The zero-order valence-corrected chi connectivity index (χ0v) is 19.6. The first-order chi connectivity index (χ1) is 14.8. The molecular formula is C23H23ClN2O3S2. The highest BCUT2D eigenvalue weighted by molar-refractivity contribution is 7.99. The van der Waals surface area contributed by atoms with Crippen molar-refractivity contribution in [3.05, 3.63) is 88.4 Å². The lowest BCUT2D eigenvalue weighted by Gasteiger charge is -2.13. The molecule has 0 bridgehead atoms. The monoisotopic (exact) mass is 474 g/mol. The maximum Gasteiger partial charge on any atom is 0.263 e. The van der Waals surface area contributed by atoms with Crippen LogP contribution in [-0.2, 0) is 10.0 Å². The molecule has 2 N–H and O–H groups in total. The van der Waals surface area contributed by atoms with Crippen LogP contribution in [0.25, 0.3) is 0 Å². The number of hydrogen-bond acceptors (Lipinski definition) is 4. The van der Waals surface area contributed by atoms with Crippen LogP contribution in [0.3, 0.4) is 0 Å². The van der Waals surface area contributed by atoms with Gasteiger partial charge in [0, 0.05) is 22.8 Å². The molecule has 3 aromatic carbocycles. The summed E-state index contributed by atoms with van der Waals surface area (Å²) in [4.78, 5) is 13.5. The van der Waals surface area contributed by atoms with Crippen molar-refractivity contribution < 1.29 is 13.2 Å².